The number of rotatable bonds is 7. The molecule has 0 spiro atoms. The molecular formula is C19H20N6O2. The summed E-state index contributed by atoms with van der Waals surface area (Å²) in [5, 5.41) is 18.9. The van der Waals surface area contributed by atoms with Crippen molar-refractivity contribution in [1.82, 2.24) is 31.3 Å². The fraction of sp³-hybridized carbons (Fsp3) is 0.211. The Bertz CT molecular complexity index is 896. The second-order valence-corrected chi connectivity index (χ2v) is 5.94. The molecule has 1 aromatic heterocycles. The SMILES string of the molecule is CNC(=O)[C@H](CCc1nnn[nH]1)NC(=O)c1ccccc1-c1ccccc1. The Hall–Kier alpha value is -3.55. The summed E-state index contributed by atoms with van der Waals surface area (Å²) in [4.78, 5) is 25.1. The van der Waals surface area contributed by atoms with Crippen LogP contribution in [-0.4, -0.2) is 45.5 Å². The molecule has 0 saturated heterocycles. The van der Waals surface area contributed by atoms with E-state index in [9.17, 15) is 9.59 Å². The highest BCUT2D eigenvalue weighted by atomic mass is 16.2. The van der Waals surface area contributed by atoms with Crippen LogP contribution >= 0.6 is 0 Å². The molecule has 138 valence electrons. The monoisotopic (exact) mass is 364 g/mol. The van der Waals surface area contributed by atoms with Gasteiger partial charge in [0.15, 0.2) is 0 Å². The summed E-state index contributed by atoms with van der Waals surface area (Å²) in [6.45, 7) is 0. The minimum Gasteiger partial charge on any atom is -0.357 e. The number of carbonyl (C=O) groups is 2. The third-order valence-electron chi connectivity index (χ3n) is 4.18. The normalized spacial score (nSPS) is 11.6. The Morgan fingerprint density at radius 3 is 2.52 bits per heavy atom. The molecule has 3 aromatic rings. The van der Waals surface area contributed by atoms with E-state index in [0.717, 1.165) is 11.1 Å². The van der Waals surface area contributed by atoms with Crippen molar-refractivity contribution in [2.75, 3.05) is 7.05 Å². The second-order valence-electron chi connectivity index (χ2n) is 5.94. The molecule has 3 N–H and O–H groups in total. The molecule has 2 aromatic carbocycles. The predicted molar refractivity (Wildman–Crippen MR) is 99.7 cm³/mol. The number of tetrazole rings is 1. The van der Waals surface area contributed by atoms with Crippen LogP contribution in [0.25, 0.3) is 11.1 Å². The van der Waals surface area contributed by atoms with Crippen molar-refractivity contribution in [3.63, 3.8) is 0 Å². The molecule has 0 saturated carbocycles. The summed E-state index contributed by atoms with van der Waals surface area (Å²) in [5.74, 6) is -0.0189. The zero-order chi connectivity index (χ0) is 19.1. The zero-order valence-electron chi connectivity index (χ0n) is 14.8. The number of amides is 2. The predicted octanol–water partition coefficient (Wildman–Crippen LogP) is 1.34. The lowest BCUT2D eigenvalue weighted by atomic mass is 9.98. The molecule has 0 aliphatic heterocycles. The Labute approximate surface area is 156 Å². The lowest BCUT2D eigenvalue weighted by Gasteiger charge is -2.18. The first-order valence-corrected chi connectivity index (χ1v) is 8.58. The quantitative estimate of drug-likeness (QED) is 0.586. The number of nitrogens with one attached hydrogen (secondary N) is 3. The Morgan fingerprint density at radius 1 is 1.07 bits per heavy atom. The molecule has 3 rings (SSSR count). The van der Waals surface area contributed by atoms with Gasteiger partial charge >= 0.3 is 0 Å². The van der Waals surface area contributed by atoms with Crippen molar-refractivity contribution in [2.24, 2.45) is 0 Å². The van der Waals surface area contributed by atoms with Gasteiger partial charge in [0.2, 0.25) is 5.91 Å². The number of aryl methyl sites for hydroxylation is 1. The molecule has 0 aliphatic carbocycles. The van der Waals surface area contributed by atoms with Crippen molar-refractivity contribution in [2.45, 2.75) is 18.9 Å². The van der Waals surface area contributed by atoms with Gasteiger partial charge in [-0.25, -0.2) is 5.10 Å². The first kappa shape index (κ1) is 18.2. The van der Waals surface area contributed by atoms with Gasteiger partial charge in [-0.2, -0.15) is 0 Å². The van der Waals surface area contributed by atoms with Gasteiger partial charge in [-0.1, -0.05) is 48.5 Å². The number of benzene rings is 2. The van der Waals surface area contributed by atoms with Crippen LogP contribution in [0.1, 0.15) is 22.6 Å². The van der Waals surface area contributed by atoms with Crippen molar-refractivity contribution in [3.05, 3.63) is 66.0 Å². The minimum atomic E-state index is -0.698. The van der Waals surface area contributed by atoms with Crippen molar-refractivity contribution < 1.29 is 9.59 Å². The number of aromatic amines is 1. The van der Waals surface area contributed by atoms with Crippen LogP contribution < -0.4 is 10.6 Å². The highest BCUT2D eigenvalue weighted by Crippen LogP contribution is 2.23. The van der Waals surface area contributed by atoms with Crippen LogP contribution in [0.4, 0.5) is 0 Å². The van der Waals surface area contributed by atoms with Crippen LogP contribution in [0.15, 0.2) is 54.6 Å². The Balaban J connectivity index is 1.78. The highest BCUT2D eigenvalue weighted by molar-refractivity contribution is 6.02. The summed E-state index contributed by atoms with van der Waals surface area (Å²) in [5.41, 5.74) is 2.26. The first-order chi connectivity index (χ1) is 13.2. The van der Waals surface area contributed by atoms with Crippen LogP contribution in [0.5, 0.6) is 0 Å². The summed E-state index contributed by atoms with van der Waals surface area (Å²) < 4.78 is 0. The number of aromatic nitrogens is 4. The van der Waals surface area contributed by atoms with Crippen LogP contribution in [0.3, 0.4) is 0 Å². The van der Waals surface area contributed by atoms with Crippen LogP contribution in [0, 0.1) is 0 Å². The molecule has 1 heterocycles. The fourth-order valence-corrected chi connectivity index (χ4v) is 2.80. The van der Waals surface area contributed by atoms with Gasteiger partial charge in [-0.05, 0) is 34.0 Å². The van der Waals surface area contributed by atoms with E-state index in [1.54, 1.807) is 12.1 Å². The topological polar surface area (TPSA) is 113 Å². The number of nitrogens with zero attached hydrogens (tertiary/aromatic N) is 3. The van der Waals surface area contributed by atoms with Gasteiger partial charge in [0.05, 0.1) is 0 Å². The zero-order valence-corrected chi connectivity index (χ0v) is 14.8. The van der Waals surface area contributed by atoms with E-state index in [4.69, 9.17) is 0 Å². The summed E-state index contributed by atoms with van der Waals surface area (Å²) in [7, 11) is 1.54. The third-order valence-corrected chi connectivity index (χ3v) is 4.18. The fourth-order valence-electron chi connectivity index (χ4n) is 2.80. The van der Waals surface area contributed by atoms with Crippen LogP contribution in [-0.2, 0) is 11.2 Å². The van der Waals surface area contributed by atoms with Crippen molar-refractivity contribution in [1.29, 1.82) is 0 Å². The largest absolute Gasteiger partial charge is 0.357 e. The minimum absolute atomic E-state index is 0.270. The van der Waals surface area contributed by atoms with E-state index >= 15 is 0 Å². The molecule has 0 fully saturated rings. The summed E-state index contributed by atoms with van der Waals surface area (Å²) in [6.07, 6.45) is 0.807. The lowest BCUT2D eigenvalue weighted by molar-refractivity contribution is -0.122. The molecule has 1 atom stereocenters. The molecule has 2 amide bonds. The number of likely N-dealkylation sites (N-methyl/N-ethyl adjacent to an activating group) is 1. The van der Waals surface area contributed by atoms with E-state index in [2.05, 4.69) is 31.3 Å². The molecular weight excluding hydrogens is 344 g/mol. The van der Waals surface area contributed by atoms with Crippen molar-refractivity contribution >= 4 is 11.8 Å². The second kappa shape index (κ2) is 8.70. The standard InChI is InChI=1S/C19H20N6O2/c1-20-19(27)16(11-12-17-22-24-25-23-17)21-18(26)15-10-6-5-9-14(15)13-7-3-2-4-8-13/h2-10,16H,11-12H2,1H3,(H,20,27)(H,21,26)(H,22,23,24,25)/t16-/m0/s1. The van der Waals surface area contributed by atoms with Gasteiger partial charge < -0.3 is 10.6 Å². The van der Waals surface area contributed by atoms with E-state index in [0.29, 0.717) is 24.2 Å². The van der Waals surface area contributed by atoms with Gasteiger partial charge in [-0.3, -0.25) is 9.59 Å². The van der Waals surface area contributed by atoms with E-state index in [1.807, 2.05) is 42.5 Å². The van der Waals surface area contributed by atoms with Gasteiger partial charge in [0.1, 0.15) is 11.9 Å². The molecule has 0 bridgehead atoms. The lowest BCUT2D eigenvalue weighted by Crippen LogP contribution is -2.46. The summed E-state index contributed by atoms with van der Waals surface area (Å²) >= 11 is 0. The third kappa shape index (κ3) is 4.55. The number of H-pyrrole nitrogens is 1. The van der Waals surface area contributed by atoms with Gasteiger partial charge in [0.25, 0.3) is 5.91 Å². The number of carbonyl (C=O) groups excluding carboxylic acids is 2. The maximum atomic E-state index is 12.9. The van der Waals surface area contributed by atoms with E-state index in [-0.39, 0.29) is 11.8 Å². The van der Waals surface area contributed by atoms with E-state index < -0.39 is 6.04 Å². The molecule has 8 heteroatoms. The Morgan fingerprint density at radius 2 is 1.81 bits per heavy atom. The highest BCUT2D eigenvalue weighted by Gasteiger charge is 2.22. The van der Waals surface area contributed by atoms with E-state index in [1.165, 1.54) is 7.05 Å². The molecule has 0 unspecified atom stereocenters. The van der Waals surface area contributed by atoms with Crippen LogP contribution in [0.2, 0.25) is 0 Å². The smallest absolute Gasteiger partial charge is 0.252 e. The molecule has 27 heavy (non-hydrogen) atoms. The van der Waals surface area contributed by atoms with Gasteiger partial charge in [0, 0.05) is 19.0 Å². The maximum Gasteiger partial charge on any atom is 0.252 e. The summed E-state index contributed by atoms with van der Waals surface area (Å²) in [6, 6.07) is 16.3. The molecule has 8 nitrogen and oxygen atoms in total. The Kier molecular flexibility index (Phi) is 5.88. The average Bonchev–Trinajstić information content (AvgIpc) is 3.24. The number of hydrogen-bond acceptors (Lipinski definition) is 5. The first-order valence-electron chi connectivity index (χ1n) is 8.58. The van der Waals surface area contributed by atoms with Crippen molar-refractivity contribution in [3.8, 4) is 11.1 Å². The maximum absolute atomic E-state index is 12.9. The molecule has 0 aliphatic rings. The average molecular weight is 364 g/mol. The van der Waals surface area contributed by atoms with Gasteiger partial charge in [-0.15, -0.1) is 5.10 Å². The molecule has 0 radical (unpaired) electrons. The number of hydrogen-bond donors (Lipinski definition) is 3.